The lowest BCUT2D eigenvalue weighted by atomic mass is 10.3. The maximum Gasteiger partial charge on any atom is 0.188 e. The highest BCUT2D eigenvalue weighted by atomic mass is 127. The predicted octanol–water partition coefficient (Wildman–Crippen LogP) is 4.65. The minimum absolute atomic E-state index is 0.858. The maximum absolute atomic E-state index is 5.23. The van der Waals surface area contributed by atoms with Crippen LogP contribution in [0.4, 0.5) is 10.8 Å². The third-order valence-electron chi connectivity index (χ3n) is 2.71. The smallest absolute Gasteiger partial charge is 0.188 e. The molecule has 0 bridgehead atoms. The van der Waals surface area contributed by atoms with Crippen molar-refractivity contribution in [2.75, 3.05) is 12.4 Å². The maximum atomic E-state index is 5.23. The van der Waals surface area contributed by atoms with E-state index < -0.39 is 0 Å². The summed E-state index contributed by atoms with van der Waals surface area (Å²) in [5.41, 5.74) is 2.06. The third-order valence-corrected chi connectivity index (χ3v) is 4.59. The van der Waals surface area contributed by atoms with E-state index in [9.17, 15) is 0 Å². The molecule has 5 heteroatoms. The second kappa shape index (κ2) is 5.34. The molecule has 96 valence electrons. The minimum atomic E-state index is 0.858. The van der Waals surface area contributed by atoms with Crippen molar-refractivity contribution in [1.82, 2.24) is 4.98 Å². The molecule has 0 saturated heterocycles. The lowest BCUT2D eigenvalue weighted by molar-refractivity contribution is 0.415. The molecule has 1 N–H and O–H groups in total. The molecule has 0 aliphatic carbocycles. The Morgan fingerprint density at radius 1 is 1.21 bits per heavy atom. The van der Waals surface area contributed by atoms with Gasteiger partial charge in [0.05, 0.1) is 23.0 Å². The Morgan fingerprint density at radius 3 is 2.84 bits per heavy atom. The lowest BCUT2D eigenvalue weighted by Gasteiger charge is -2.03. The van der Waals surface area contributed by atoms with Gasteiger partial charge in [-0.05, 0) is 52.9 Å². The van der Waals surface area contributed by atoms with Gasteiger partial charge in [0.2, 0.25) is 0 Å². The average Bonchev–Trinajstić information content (AvgIpc) is 2.82. The summed E-state index contributed by atoms with van der Waals surface area (Å²) in [6.45, 7) is 0. The molecule has 0 amide bonds. The molecule has 1 aromatic heterocycles. The molecule has 3 rings (SSSR count). The number of para-hydroxylation sites is 1. The van der Waals surface area contributed by atoms with Crippen molar-refractivity contribution in [3.05, 3.63) is 46.0 Å². The molecule has 0 radical (unpaired) electrons. The first-order valence-corrected chi connectivity index (χ1v) is 7.62. The van der Waals surface area contributed by atoms with Gasteiger partial charge in [0.1, 0.15) is 5.75 Å². The summed E-state index contributed by atoms with van der Waals surface area (Å²) >= 11 is 3.94. The zero-order chi connectivity index (χ0) is 13.2. The topological polar surface area (TPSA) is 34.1 Å². The largest absolute Gasteiger partial charge is 0.497 e. The van der Waals surface area contributed by atoms with E-state index in [2.05, 4.69) is 45.0 Å². The molecular weight excluding hydrogens is 371 g/mol. The molecule has 1 heterocycles. The number of rotatable bonds is 3. The monoisotopic (exact) mass is 382 g/mol. The second-order valence-electron chi connectivity index (χ2n) is 3.96. The van der Waals surface area contributed by atoms with Crippen molar-refractivity contribution < 1.29 is 4.74 Å². The van der Waals surface area contributed by atoms with Gasteiger partial charge in [-0.3, -0.25) is 0 Å². The van der Waals surface area contributed by atoms with Crippen LogP contribution in [0.1, 0.15) is 0 Å². The first-order chi connectivity index (χ1) is 9.26. The van der Waals surface area contributed by atoms with Gasteiger partial charge in [-0.2, -0.15) is 0 Å². The van der Waals surface area contributed by atoms with Crippen LogP contribution in [0.3, 0.4) is 0 Å². The first kappa shape index (κ1) is 12.7. The number of anilines is 2. The molecule has 0 saturated carbocycles. The molecule has 19 heavy (non-hydrogen) atoms. The number of hydrogen-bond donors (Lipinski definition) is 1. The summed E-state index contributed by atoms with van der Waals surface area (Å²) in [7, 11) is 1.67. The Labute approximate surface area is 128 Å². The van der Waals surface area contributed by atoms with Crippen LogP contribution in [0.25, 0.3) is 10.2 Å². The van der Waals surface area contributed by atoms with Gasteiger partial charge in [-0.15, -0.1) is 0 Å². The van der Waals surface area contributed by atoms with E-state index in [1.807, 2.05) is 30.3 Å². The Balaban J connectivity index is 1.95. The molecule has 0 atom stereocenters. The van der Waals surface area contributed by atoms with Crippen molar-refractivity contribution in [3.8, 4) is 5.75 Å². The molecule has 3 aromatic rings. The van der Waals surface area contributed by atoms with Gasteiger partial charge < -0.3 is 10.1 Å². The molecule has 0 spiro atoms. The Hall–Kier alpha value is -1.34. The number of methoxy groups -OCH3 is 1. The highest BCUT2D eigenvalue weighted by molar-refractivity contribution is 14.1. The van der Waals surface area contributed by atoms with E-state index >= 15 is 0 Å². The average molecular weight is 382 g/mol. The molecule has 0 aliphatic rings. The van der Waals surface area contributed by atoms with Gasteiger partial charge in [0.15, 0.2) is 5.13 Å². The van der Waals surface area contributed by atoms with E-state index in [1.54, 1.807) is 18.4 Å². The van der Waals surface area contributed by atoms with Crippen LogP contribution in [0.2, 0.25) is 0 Å². The van der Waals surface area contributed by atoms with Gasteiger partial charge in [-0.25, -0.2) is 4.98 Å². The summed E-state index contributed by atoms with van der Waals surface area (Å²) in [6.07, 6.45) is 0. The van der Waals surface area contributed by atoms with Crippen LogP contribution >= 0.6 is 33.9 Å². The highest BCUT2D eigenvalue weighted by Gasteiger charge is 2.06. The van der Waals surface area contributed by atoms with Crippen molar-refractivity contribution >= 4 is 55.0 Å². The summed E-state index contributed by atoms with van der Waals surface area (Å²) in [5, 5.41) is 4.25. The summed E-state index contributed by atoms with van der Waals surface area (Å²) in [5.74, 6) is 0.858. The zero-order valence-corrected chi connectivity index (χ0v) is 13.2. The lowest BCUT2D eigenvalue weighted by Crippen LogP contribution is -1.91. The summed E-state index contributed by atoms with van der Waals surface area (Å²) < 4.78 is 7.52. The summed E-state index contributed by atoms with van der Waals surface area (Å²) in [6, 6.07) is 14.1. The number of benzene rings is 2. The predicted molar refractivity (Wildman–Crippen MR) is 88.6 cm³/mol. The van der Waals surface area contributed by atoms with Crippen LogP contribution in [0.5, 0.6) is 5.75 Å². The standard InChI is InChI=1S/C14H11IN2OS/c1-18-9-6-7-12-13(8-9)19-14(17-12)16-11-5-3-2-4-10(11)15/h2-8H,1H3,(H,16,17). The van der Waals surface area contributed by atoms with Gasteiger partial charge in [0, 0.05) is 3.57 Å². The van der Waals surface area contributed by atoms with Crippen molar-refractivity contribution in [2.45, 2.75) is 0 Å². The van der Waals surface area contributed by atoms with Gasteiger partial charge >= 0.3 is 0 Å². The van der Waals surface area contributed by atoms with E-state index in [0.717, 1.165) is 26.8 Å². The number of fused-ring (bicyclic) bond motifs is 1. The normalized spacial score (nSPS) is 10.6. The fourth-order valence-electron chi connectivity index (χ4n) is 1.76. The number of thiazole rings is 1. The van der Waals surface area contributed by atoms with Crippen LogP contribution in [-0.4, -0.2) is 12.1 Å². The molecular formula is C14H11IN2OS. The number of nitrogens with zero attached hydrogens (tertiary/aromatic N) is 1. The quantitative estimate of drug-likeness (QED) is 0.670. The number of hydrogen-bond acceptors (Lipinski definition) is 4. The minimum Gasteiger partial charge on any atom is -0.497 e. The van der Waals surface area contributed by atoms with Crippen LogP contribution in [-0.2, 0) is 0 Å². The van der Waals surface area contributed by atoms with Crippen LogP contribution < -0.4 is 10.1 Å². The molecule has 0 aliphatic heterocycles. The van der Waals surface area contributed by atoms with Crippen LogP contribution in [0.15, 0.2) is 42.5 Å². The highest BCUT2D eigenvalue weighted by Crippen LogP contribution is 2.31. The van der Waals surface area contributed by atoms with Crippen molar-refractivity contribution in [3.63, 3.8) is 0 Å². The van der Waals surface area contributed by atoms with Crippen LogP contribution in [0, 0.1) is 3.57 Å². The van der Waals surface area contributed by atoms with Gasteiger partial charge in [0.25, 0.3) is 0 Å². The van der Waals surface area contributed by atoms with E-state index in [0.29, 0.717) is 0 Å². The van der Waals surface area contributed by atoms with Gasteiger partial charge in [-0.1, -0.05) is 23.5 Å². The van der Waals surface area contributed by atoms with E-state index in [4.69, 9.17) is 4.74 Å². The SMILES string of the molecule is COc1ccc2nc(Nc3ccccc3I)sc2c1. The number of halogens is 1. The van der Waals surface area contributed by atoms with E-state index in [1.165, 1.54) is 3.57 Å². The number of ether oxygens (including phenoxy) is 1. The first-order valence-electron chi connectivity index (χ1n) is 5.72. The Morgan fingerprint density at radius 2 is 2.05 bits per heavy atom. The summed E-state index contributed by atoms with van der Waals surface area (Å²) in [4.78, 5) is 4.57. The molecule has 2 aromatic carbocycles. The fraction of sp³-hybridized carbons (Fsp3) is 0.0714. The Bertz CT molecular complexity index is 726. The second-order valence-corrected chi connectivity index (χ2v) is 6.15. The number of nitrogens with one attached hydrogen (secondary N) is 1. The Kier molecular flexibility index (Phi) is 3.56. The fourth-order valence-corrected chi connectivity index (χ4v) is 3.19. The van der Waals surface area contributed by atoms with Crippen molar-refractivity contribution in [1.29, 1.82) is 0 Å². The molecule has 0 unspecified atom stereocenters. The molecule has 3 nitrogen and oxygen atoms in total. The number of aromatic nitrogens is 1. The zero-order valence-electron chi connectivity index (χ0n) is 10.2. The molecule has 0 fully saturated rings. The third kappa shape index (κ3) is 2.66. The van der Waals surface area contributed by atoms with Crippen molar-refractivity contribution in [2.24, 2.45) is 0 Å². The van der Waals surface area contributed by atoms with E-state index in [-0.39, 0.29) is 0 Å².